The summed E-state index contributed by atoms with van der Waals surface area (Å²) in [5.41, 5.74) is 6.52. The van der Waals surface area contributed by atoms with Crippen molar-refractivity contribution in [1.82, 2.24) is 0 Å². The Balaban J connectivity index is 2.25. The minimum Gasteiger partial charge on any atom is -0.324 e. The minimum atomic E-state index is -0.979. The fraction of sp³-hybridized carbons (Fsp3) is 0.143. The highest BCUT2D eigenvalue weighted by Gasteiger charge is 2.14. The number of hydrogen-bond donors (Lipinski definition) is 1. The van der Waals surface area contributed by atoms with Crippen molar-refractivity contribution in [2.24, 2.45) is 5.73 Å². The molecule has 2 rings (SSSR count). The van der Waals surface area contributed by atoms with Crippen LogP contribution in [0.1, 0.15) is 17.2 Å². The Hall–Kier alpha value is -1.52. The molecule has 0 saturated heterocycles. The molecule has 0 saturated carbocycles. The first-order valence-corrected chi connectivity index (χ1v) is 6.00. The van der Waals surface area contributed by atoms with Crippen molar-refractivity contribution in [3.8, 4) is 0 Å². The van der Waals surface area contributed by atoms with Crippen molar-refractivity contribution in [3.63, 3.8) is 0 Å². The van der Waals surface area contributed by atoms with Crippen LogP contribution in [0, 0.1) is 17.5 Å². The Labute approximate surface area is 113 Å². The van der Waals surface area contributed by atoms with Gasteiger partial charge < -0.3 is 5.73 Å². The lowest BCUT2D eigenvalue weighted by Crippen LogP contribution is -2.15. The lowest BCUT2D eigenvalue weighted by atomic mass is 9.99. The summed E-state index contributed by atoms with van der Waals surface area (Å²) in [7, 11) is 0. The average Bonchev–Trinajstić information content (AvgIpc) is 2.37. The third-order valence-corrected chi connectivity index (χ3v) is 3.21. The van der Waals surface area contributed by atoms with E-state index in [1.165, 1.54) is 18.2 Å². The Kier molecular flexibility index (Phi) is 4.12. The molecule has 0 aliphatic rings. The number of rotatable bonds is 3. The maximum atomic E-state index is 13.6. The molecule has 0 heterocycles. The van der Waals surface area contributed by atoms with Crippen LogP contribution in [-0.4, -0.2) is 0 Å². The van der Waals surface area contributed by atoms with Crippen LogP contribution in [0.5, 0.6) is 0 Å². The Bertz CT molecular complexity index is 581. The monoisotopic (exact) mass is 285 g/mol. The minimum absolute atomic E-state index is 0.108. The second-order valence-electron chi connectivity index (χ2n) is 4.18. The van der Waals surface area contributed by atoms with Gasteiger partial charge in [0.15, 0.2) is 11.6 Å². The zero-order valence-electron chi connectivity index (χ0n) is 9.84. The van der Waals surface area contributed by atoms with Crippen molar-refractivity contribution in [1.29, 1.82) is 0 Å². The van der Waals surface area contributed by atoms with E-state index < -0.39 is 23.5 Å². The van der Waals surface area contributed by atoms with Crippen LogP contribution in [-0.2, 0) is 6.42 Å². The van der Waals surface area contributed by atoms with Crippen LogP contribution < -0.4 is 5.73 Å². The highest BCUT2D eigenvalue weighted by Crippen LogP contribution is 2.25. The third kappa shape index (κ3) is 3.08. The molecule has 0 spiro atoms. The molecule has 1 nitrogen and oxygen atoms in total. The standard InChI is InChI=1S/C14H11ClF3N/c15-10-2-1-3-11(16)9(10)7-14(19)8-4-5-12(17)13(18)6-8/h1-6,14H,7,19H2. The van der Waals surface area contributed by atoms with Crippen molar-refractivity contribution in [3.05, 3.63) is 70.0 Å². The van der Waals surface area contributed by atoms with Gasteiger partial charge in [0.05, 0.1) is 0 Å². The van der Waals surface area contributed by atoms with E-state index in [4.69, 9.17) is 17.3 Å². The highest BCUT2D eigenvalue weighted by molar-refractivity contribution is 6.31. The van der Waals surface area contributed by atoms with E-state index in [1.54, 1.807) is 6.07 Å². The summed E-state index contributed by atoms with van der Waals surface area (Å²) in [5, 5.41) is 0.262. The molecule has 19 heavy (non-hydrogen) atoms. The lowest BCUT2D eigenvalue weighted by Gasteiger charge is -2.14. The molecule has 0 aliphatic heterocycles. The molecule has 0 fully saturated rings. The summed E-state index contributed by atoms with van der Waals surface area (Å²) in [5.74, 6) is -2.39. The second kappa shape index (κ2) is 5.63. The lowest BCUT2D eigenvalue weighted by molar-refractivity contribution is 0.504. The molecule has 100 valence electrons. The predicted molar refractivity (Wildman–Crippen MR) is 68.4 cm³/mol. The molecule has 0 radical (unpaired) electrons. The van der Waals surface area contributed by atoms with E-state index in [0.717, 1.165) is 12.1 Å². The van der Waals surface area contributed by atoms with Crippen LogP contribution in [0.2, 0.25) is 5.02 Å². The molecule has 2 N–H and O–H groups in total. The SMILES string of the molecule is NC(Cc1c(F)cccc1Cl)c1ccc(F)c(F)c1. The quantitative estimate of drug-likeness (QED) is 0.906. The topological polar surface area (TPSA) is 26.0 Å². The highest BCUT2D eigenvalue weighted by atomic mass is 35.5. The Morgan fingerprint density at radius 3 is 2.37 bits per heavy atom. The third-order valence-electron chi connectivity index (χ3n) is 2.86. The van der Waals surface area contributed by atoms with Crippen molar-refractivity contribution in [2.45, 2.75) is 12.5 Å². The van der Waals surface area contributed by atoms with Gasteiger partial charge in [0.25, 0.3) is 0 Å². The van der Waals surface area contributed by atoms with Gasteiger partial charge in [-0.3, -0.25) is 0 Å². The van der Waals surface area contributed by atoms with E-state index >= 15 is 0 Å². The van der Waals surface area contributed by atoms with E-state index in [1.807, 2.05) is 0 Å². The summed E-state index contributed by atoms with van der Waals surface area (Å²) < 4.78 is 39.5. The molecule has 2 aromatic carbocycles. The van der Waals surface area contributed by atoms with Gasteiger partial charge in [-0.2, -0.15) is 0 Å². The molecule has 0 aliphatic carbocycles. The maximum absolute atomic E-state index is 13.6. The van der Waals surface area contributed by atoms with E-state index in [0.29, 0.717) is 5.56 Å². The van der Waals surface area contributed by atoms with Crippen LogP contribution >= 0.6 is 11.6 Å². The van der Waals surface area contributed by atoms with Gasteiger partial charge in [0.2, 0.25) is 0 Å². The first-order chi connectivity index (χ1) is 8.99. The Morgan fingerprint density at radius 2 is 1.74 bits per heavy atom. The molecule has 2 aromatic rings. The number of benzene rings is 2. The summed E-state index contributed by atoms with van der Waals surface area (Å²) in [4.78, 5) is 0. The van der Waals surface area contributed by atoms with Gasteiger partial charge in [-0.25, -0.2) is 13.2 Å². The molecule has 5 heteroatoms. The van der Waals surface area contributed by atoms with E-state index in [-0.39, 0.29) is 17.0 Å². The van der Waals surface area contributed by atoms with Crippen LogP contribution in [0.25, 0.3) is 0 Å². The summed E-state index contributed by atoms with van der Waals surface area (Å²) in [6.07, 6.45) is 0.108. The first-order valence-electron chi connectivity index (χ1n) is 5.62. The molecule has 1 unspecified atom stereocenters. The summed E-state index contributed by atoms with van der Waals surface area (Å²) in [6, 6.07) is 7.03. The average molecular weight is 286 g/mol. The summed E-state index contributed by atoms with van der Waals surface area (Å²) >= 11 is 5.89. The molecular weight excluding hydrogens is 275 g/mol. The largest absolute Gasteiger partial charge is 0.324 e. The van der Waals surface area contributed by atoms with Gasteiger partial charge in [0, 0.05) is 16.6 Å². The van der Waals surface area contributed by atoms with Crippen LogP contribution in [0.3, 0.4) is 0 Å². The van der Waals surface area contributed by atoms with Gasteiger partial charge in [-0.05, 0) is 36.2 Å². The molecule has 0 aromatic heterocycles. The van der Waals surface area contributed by atoms with Gasteiger partial charge in [-0.1, -0.05) is 23.7 Å². The number of halogens is 4. The fourth-order valence-corrected chi connectivity index (χ4v) is 2.05. The smallest absolute Gasteiger partial charge is 0.159 e. The summed E-state index contributed by atoms with van der Waals surface area (Å²) in [6.45, 7) is 0. The zero-order valence-corrected chi connectivity index (χ0v) is 10.6. The predicted octanol–water partition coefficient (Wildman–Crippen LogP) is 4.00. The number of nitrogens with two attached hydrogens (primary N) is 1. The van der Waals surface area contributed by atoms with Crippen LogP contribution in [0.15, 0.2) is 36.4 Å². The van der Waals surface area contributed by atoms with Crippen molar-refractivity contribution >= 4 is 11.6 Å². The van der Waals surface area contributed by atoms with Gasteiger partial charge in [0.1, 0.15) is 5.82 Å². The maximum Gasteiger partial charge on any atom is 0.159 e. The normalized spacial score (nSPS) is 12.5. The molecule has 1 atom stereocenters. The molecular formula is C14H11ClF3N. The van der Waals surface area contributed by atoms with Gasteiger partial charge in [-0.15, -0.1) is 0 Å². The van der Waals surface area contributed by atoms with Crippen molar-refractivity contribution in [2.75, 3.05) is 0 Å². The van der Waals surface area contributed by atoms with Gasteiger partial charge >= 0.3 is 0 Å². The molecule has 0 amide bonds. The van der Waals surface area contributed by atoms with E-state index in [2.05, 4.69) is 0 Å². The Morgan fingerprint density at radius 1 is 1.00 bits per heavy atom. The zero-order chi connectivity index (χ0) is 14.0. The van der Waals surface area contributed by atoms with Crippen LogP contribution in [0.4, 0.5) is 13.2 Å². The van der Waals surface area contributed by atoms with E-state index in [9.17, 15) is 13.2 Å². The van der Waals surface area contributed by atoms with Crippen molar-refractivity contribution < 1.29 is 13.2 Å². The second-order valence-corrected chi connectivity index (χ2v) is 4.59. The first kappa shape index (κ1) is 13.9. The fourth-order valence-electron chi connectivity index (χ4n) is 1.81. The molecule has 0 bridgehead atoms. The number of hydrogen-bond acceptors (Lipinski definition) is 1.